The third-order valence-corrected chi connectivity index (χ3v) is 8.20. The molecule has 6 nitrogen and oxygen atoms in total. The maximum Gasteiger partial charge on any atom is 0.263 e. The van der Waals surface area contributed by atoms with Crippen LogP contribution >= 0.6 is 35.0 Å². The first-order valence-electron chi connectivity index (χ1n) is 11.4. The number of carbonyl (C=O) groups is 2. The lowest BCUT2D eigenvalue weighted by Crippen LogP contribution is -2.50. The number of rotatable bonds is 4. The number of nitrogens with zero attached hydrogens (tertiary/aromatic N) is 3. The summed E-state index contributed by atoms with van der Waals surface area (Å²) in [5.74, 6) is 0.143. The number of amides is 2. The lowest BCUT2D eigenvalue weighted by molar-refractivity contribution is -0.135. The Bertz CT molecular complexity index is 1220. The van der Waals surface area contributed by atoms with E-state index in [4.69, 9.17) is 28.2 Å². The molecule has 2 amide bonds. The molecule has 1 N–H and O–H groups in total. The van der Waals surface area contributed by atoms with Crippen LogP contribution in [0, 0.1) is 5.92 Å². The first-order valence-corrected chi connectivity index (χ1v) is 12.9. The molecule has 3 heterocycles. The number of hydrogen-bond acceptors (Lipinski definition) is 5. The maximum absolute atomic E-state index is 13.5. The van der Waals surface area contributed by atoms with Gasteiger partial charge in [0.2, 0.25) is 5.91 Å². The average Bonchev–Trinajstić information content (AvgIpc) is 3.51. The van der Waals surface area contributed by atoms with Crippen LogP contribution in [0.15, 0.2) is 64.1 Å². The van der Waals surface area contributed by atoms with Crippen LogP contribution in [-0.4, -0.2) is 46.4 Å². The van der Waals surface area contributed by atoms with E-state index in [2.05, 4.69) is 10.2 Å². The standard InChI is InChI=1S/C25H22Cl2N4O2S/c26-17-7-3-14(4-8-17)20-21(15-5-9-18(27)10-6-15)31-22(16-1-2-16)23(34-25(31)29-20)24(33)30-12-11-28-19(32)13-30/h3-10,16,20-21H,1-2,11-13H2,(H,28,32). The second-order valence-corrected chi connectivity index (χ2v) is 10.8. The molecule has 1 saturated carbocycles. The van der Waals surface area contributed by atoms with Gasteiger partial charge in [0.15, 0.2) is 5.17 Å². The molecule has 1 aliphatic carbocycles. The number of thioether (sulfide) groups is 1. The van der Waals surface area contributed by atoms with E-state index >= 15 is 0 Å². The summed E-state index contributed by atoms with van der Waals surface area (Å²) in [6.45, 7) is 1.10. The number of nitrogens with one attached hydrogen (secondary N) is 1. The summed E-state index contributed by atoms with van der Waals surface area (Å²) >= 11 is 13.8. The van der Waals surface area contributed by atoms with Crippen molar-refractivity contribution in [3.8, 4) is 0 Å². The van der Waals surface area contributed by atoms with Crippen LogP contribution < -0.4 is 5.32 Å². The van der Waals surface area contributed by atoms with Gasteiger partial charge < -0.3 is 15.1 Å². The Morgan fingerprint density at radius 3 is 2.26 bits per heavy atom. The Morgan fingerprint density at radius 2 is 1.65 bits per heavy atom. The van der Waals surface area contributed by atoms with Gasteiger partial charge in [0.25, 0.3) is 5.91 Å². The van der Waals surface area contributed by atoms with Crippen molar-refractivity contribution >= 4 is 51.9 Å². The third kappa shape index (κ3) is 3.89. The normalized spacial score (nSPS) is 24.3. The number of carbonyl (C=O) groups excluding carboxylic acids is 2. The van der Waals surface area contributed by atoms with Gasteiger partial charge in [-0.1, -0.05) is 47.5 Å². The maximum atomic E-state index is 13.5. The fourth-order valence-electron chi connectivity index (χ4n) is 4.85. The molecule has 9 heteroatoms. The van der Waals surface area contributed by atoms with Crippen molar-refractivity contribution in [3.63, 3.8) is 0 Å². The largest absolute Gasteiger partial charge is 0.353 e. The Kier molecular flexibility index (Phi) is 5.59. The van der Waals surface area contributed by atoms with E-state index in [-0.39, 0.29) is 30.4 Å². The molecular formula is C25H22Cl2N4O2S. The lowest BCUT2D eigenvalue weighted by Gasteiger charge is -2.31. The number of fused-ring (bicyclic) bond motifs is 1. The van der Waals surface area contributed by atoms with Crippen LogP contribution in [0.4, 0.5) is 0 Å². The predicted molar refractivity (Wildman–Crippen MR) is 135 cm³/mol. The lowest BCUT2D eigenvalue weighted by atomic mass is 9.93. The number of piperazine rings is 1. The SMILES string of the molecule is O=C1CN(C(=O)C2=C(C3CC3)N3C(=NC(c4ccc(Cl)cc4)C3c3ccc(Cl)cc3)S2)CCN1. The molecule has 0 radical (unpaired) electrons. The van der Waals surface area contributed by atoms with Gasteiger partial charge >= 0.3 is 0 Å². The van der Waals surface area contributed by atoms with Gasteiger partial charge in [-0.3, -0.25) is 14.6 Å². The zero-order chi connectivity index (χ0) is 23.4. The van der Waals surface area contributed by atoms with E-state index in [9.17, 15) is 9.59 Å². The third-order valence-electron chi connectivity index (χ3n) is 6.63. The van der Waals surface area contributed by atoms with Gasteiger partial charge in [0.1, 0.15) is 10.9 Å². The molecular weight excluding hydrogens is 491 g/mol. The van der Waals surface area contributed by atoms with Gasteiger partial charge in [0, 0.05) is 34.7 Å². The van der Waals surface area contributed by atoms with E-state index < -0.39 is 0 Å². The fourth-order valence-corrected chi connectivity index (χ4v) is 6.35. The predicted octanol–water partition coefficient (Wildman–Crippen LogP) is 4.77. The van der Waals surface area contributed by atoms with Gasteiger partial charge in [0.05, 0.1) is 12.6 Å². The van der Waals surface area contributed by atoms with Crippen molar-refractivity contribution in [2.24, 2.45) is 10.9 Å². The summed E-state index contributed by atoms with van der Waals surface area (Å²) in [4.78, 5) is 35.2. The smallest absolute Gasteiger partial charge is 0.263 e. The van der Waals surface area contributed by atoms with Crippen molar-refractivity contribution in [2.45, 2.75) is 24.9 Å². The number of halogens is 2. The summed E-state index contributed by atoms with van der Waals surface area (Å²) in [5.41, 5.74) is 3.21. The average molecular weight is 513 g/mol. The number of hydrogen-bond donors (Lipinski definition) is 1. The summed E-state index contributed by atoms with van der Waals surface area (Å²) in [7, 11) is 0. The molecule has 2 fully saturated rings. The molecule has 34 heavy (non-hydrogen) atoms. The zero-order valence-electron chi connectivity index (χ0n) is 18.2. The van der Waals surface area contributed by atoms with E-state index in [1.54, 1.807) is 4.90 Å². The van der Waals surface area contributed by atoms with Crippen LogP contribution in [0.3, 0.4) is 0 Å². The van der Waals surface area contributed by atoms with Crippen molar-refractivity contribution in [1.82, 2.24) is 15.1 Å². The van der Waals surface area contributed by atoms with Gasteiger partial charge in [-0.15, -0.1) is 0 Å². The van der Waals surface area contributed by atoms with Crippen molar-refractivity contribution in [3.05, 3.63) is 80.3 Å². The molecule has 0 aromatic heterocycles. The Balaban J connectivity index is 1.42. The van der Waals surface area contributed by atoms with Gasteiger partial charge in [-0.2, -0.15) is 0 Å². The van der Waals surface area contributed by atoms with Gasteiger partial charge in [-0.05, 0) is 60.0 Å². The molecule has 0 spiro atoms. The summed E-state index contributed by atoms with van der Waals surface area (Å²) < 4.78 is 0. The molecule has 6 rings (SSSR count). The molecule has 2 aromatic rings. The zero-order valence-corrected chi connectivity index (χ0v) is 20.5. The van der Waals surface area contributed by atoms with Crippen LogP contribution in [-0.2, 0) is 9.59 Å². The number of allylic oxidation sites excluding steroid dienone is 1. The highest BCUT2D eigenvalue weighted by Gasteiger charge is 2.50. The Labute approximate surface area is 212 Å². The first kappa shape index (κ1) is 22.0. The number of amidine groups is 1. The molecule has 2 unspecified atom stereocenters. The first-order chi connectivity index (χ1) is 16.5. The van der Waals surface area contributed by atoms with Crippen molar-refractivity contribution in [1.29, 1.82) is 0 Å². The second-order valence-electron chi connectivity index (χ2n) is 8.94. The second kappa shape index (κ2) is 8.63. The van der Waals surface area contributed by atoms with Crippen LogP contribution in [0.5, 0.6) is 0 Å². The van der Waals surface area contributed by atoms with E-state index in [0.717, 1.165) is 34.8 Å². The van der Waals surface area contributed by atoms with E-state index in [0.29, 0.717) is 34.0 Å². The fraction of sp³-hybridized carbons (Fsp3) is 0.320. The Morgan fingerprint density at radius 1 is 1.00 bits per heavy atom. The highest BCUT2D eigenvalue weighted by atomic mass is 35.5. The number of benzene rings is 2. The van der Waals surface area contributed by atoms with Crippen molar-refractivity contribution < 1.29 is 9.59 Å². The molecule has 1 saturated heterocycles. The molecule has 4 aliphatic rings. The summed E-state index contributed by atoms with van der Waals surface area (Å²) in [6.07, 6.45) is 2.10. The topological polar surface area (TPSA) is 65.0 Å². The minimum absolute atomic E-state index is 0.0725. The van der Waals surface area contributed by atoms with Crippen LogP contribution in [0.2, 0.25) is 10.0 Å². The molecule has 0 bridgehead atoms. The highest BCUT2D eigenvalue weighted by molar-refractivity contribution is 8.18. The summed E-state index contributed by atoms with van der Waals surface area (Å²) in [6, 6.07) is 15.5. The van der Waals surface area contributed by atoms with Gasteiger partial charge in [-0.25, -0.2) is 0 Å². The molecule has 2 aromatic carbocycles. The van der Waals surface area contributed by atoms with Crippen LogP contribution in [0.25, 0.3) is 0 Å². The monoisotopic (exact) mass is 512 g/mol. The summed E-state index contributed by atoms with van der Waals surface area (Å²) in [5, 5.41) is 5.00. The van der Waals surface area contributed by atoms with Crippen molar-refractivity contribution in [2.75, 3.05) is 19.6 Å². The van der Waals surface area contributed by atoms with E-state index in [1.165, 1.54) is 11.8 Å². The molecule has 2 atom stereocenters. The minimum atomic E-state index is -0.132. The van der Waals surface area contributed by atoms with E-state index in [1.807, 2.05) is 48.5 Å². The quantitative estimate of drug-likeness (QED) is 0.640. The number of aliphatic imine (C=N–C) groups is 1. The Hall–Kier alpha value is -2.48. The minimum Gasteiger partial charge on any atom is -0.353 e. The highest BCUT2D eigenvalue weighted by Crippen LogP contribution is 2.57. The molecule has 174 valence electrons. The molecule has 3 aliphatic heterocycles. The van der Waals surface area contributed by atoms with Crippen LogP contribution in [0.1, 0.15) is 36.1 Å².